The summed E-state index contributed by atoms with van der Waals surface area (Å²) in [6.07, 6.45) is 2.62. The molecule has 0 aliphatic carbocycles. The first-order valence-electron chi connectivity index (χ1n) is 11.8. The highest BCUT2D eigenvalue weighted by Gasteiger charge is 2.23. The van der Waals surface area contributed by atoms with Crippen molar-refractivity contribution < 1.29 is 23.5 Å². The molecule has 4 N–H and O–H groups in total. The number of benzene rings is 2. The van der Waals surface area contributed by atoms with E-state index in [0.717, 1.165) is 18.5 Å². The van der Waals surface area contributed by atoms with Crippen LogP contribution in [-0.2, 0) is 9.47 Å². The number of halogens is 2. The normalized spacial score (nSPS) is 14.6. The van der Waals surface area contributed by atoms with Gasteiger partial charge in [0.15, 0.2) is 0 Å². The van der Waals surface area contributed by atoms with Gasteiger partial charge in [-0.15, -0.1) is 0 Å². The van der Waals surface area contributed by atoms with Crippen molar-refractivity contribution in [2.45, 2.75) is 24.8 Å². The fourth-order valence-electron chi connectivity index (χ4n) is 4.07. The second-order valence-electron chi connectivity index (χ2n) is 8.54. The van der Waals surface area contributed by atoms with E-state index in [9.17, 15) is 9.59 Å². The van der Waals surface area contributed by atoms with Crippen molar-refractivity contribution in [1.82, 2.24) is 20.6 Å². The van der Waals surface area contributed by atoms with E-state index in [-0.39, 0.29) is 23.9 Å². The maximum absolute atomic E-state index is 15.2. The number of carbonyl (C=O) groups excluding carboxylic acids is 2. The minimum absolute atomic E-state index is 0.166. The molecule has 1 aromatic heterocycles. The van der Waals surface area contributed by atoms with Crippen molar-refractivity contribution in [1.29, 1.82) is 0 Å². The largest absolute Gasteiger partial charge is 0.447 e. The molecular formula is C26H27ClFN5O4. The monoisotopic (exact) mass is 527 g/mol. The zero-order chi connectivity index (χ0) is 26.4. The van der Waals surface area contributed by atoms with E-state index >= 15 is 4.39 Å². The molecular weight excluding hydrogens is 501 g/mol. The highest BCUT2D eigenvalue weighted by Crippen LogP contribution is 2.30. The molecule has 0 unspecified atom stereocenters. The number of hydrogen-bond donors (Lipinski definition) is 3. The van der Waals surface area contributed by atoms with Gasteiger partial charge in [-0.25, -0.2) is 19.2 Å². The highest BCUT2D eigenvalue weighted by molar-refractivity contribution is 6.30. The maximum Gasteiger partial charge on any atom is 0.406 e. The van der Waals surface area contributed by atoms with E-state index in [1.54, 1.807) is 36.5 Å². The molecule has 11 heteroatoms. The third kappa shape index (κ3) is 6.52. The van der Waals surface area contributed by atoms with Crippen LogP contribution in [0.2, 0.25) is 5.02 Å². The van der Waals surface area contributed by atoms with Crippen LogP contribution in [0.3, 0.4) is 0 Å². The van der Waals surface area contributed by atoms with Gasteiger partial charge in [-0.05, 0) is 42.7 Å². The topological polar surface area (TPSA) is 128 Å². The van der Waals surface area contributed by atoms with Crippen LogP contribution in [0.1, 0.15) is 46.4 Å². The average Bonchev–Trinajstić information content (AvgIpc) is 2.91. The summed E-state index contributed by atoms with van der Waals surface area (Å²) in [6.45, 7) is 1.11. The minimum Gasteiger partial charge on any atom is -0.447 e. The highest BCUT2D eigenvalue weighted by atomic mass is 35.5. The van der Waals surface area contributed by atoms with Gasteiger partial charge in [0.2, 0.25) is 0 Å². The van der Waals surface area contributed by atoms with Crippen molar-refractivity contribution in [2.75, 3.05) is 32.6 Å². The summed E-state index contributed by atoms with van der Waals surface area (Å²) < 4.78 is 25.7. The van der Waals surface area contributed by atoms with Gasteiger partial charge in [0.1, 0.15) is 23.9 Å². The minimum atomic E-state index is -0.764. The molecule has 3 aromatic rings. The fourth-order valence-corrected chi connectivity index (χ4v) is 4.27. The van der Waals surface area contributed by atoms with Crippen LogP contribution < -0.4 is 16.4 Å². The van der Waals surface area contributed by atoms with Crippen molar-refractivity contribution in [2.24, 2.45) is 0 Å². The Balaban J connectivity index is 1.56. The molecule has 1 aliphatic heterocycles. The van der Waals surface area contributed by atoms with Crippen LogP contribution >= 0.6 is 11.6 Å². The van der Waals surface area contributed by atoms with Crippen LogP contribution in [0.25, 0.3) is 11.3 Å². The third-order valence-electron chi connectivity index (χ3n) is 6.09. The molecule has 9 nitrogen and oxygen atoms in total. The lowest BCUT2D eigenvalue weighted by atomic mass is 9.96. The van der Waals surface area contributed by atoms with Crippen LogP contribution in [-0.4, -0.2) is 48.8 Å². The summed E-state index contributed by atoms with van der Waals surface area (Å²) in [6, 6.07) is 10.1. The van der Waals surface area contributed by atoms with Crippen LogP contribution in [0.5, 0.6) is 0 Å². The van der Waals surface area contributed by atoms with Crippen molar-refractivity contribution in [3.8, 4) is 11.3 Å². The summed E-state index contributed by atoms with van der Waals surface area (Å²) >= 11 is 6.09. The Labute approximate surface area is 218 Å². The van der Waals surface area contributed by atoms with Gasteiger partial charge in [-0.2, -0.15) is 0 Å². The number of nitrogen functional groups attached to an aromatic ring is 1. The summed E-state index contributed by atoms with van der Waals surface area (Å²) in [5, 5.41) is 5.49. The average molecular weight is 528 g/mol. The first kappa shape index (κ1) is 26.3. The van der Waals surface area contributed by atoms with E-state index in [2.05, 4.69) is 20.6 Å². The Bertz CT molecular complexity index is 1290. The Kier molecular flexibility index (Phi) is 8.52. The van der Waals surface area contributed by atoms with Gasteiger partial charge in [0.25, 0.3) is 5.91 Å². The summed E-state index contributed by atoms with van der Waals surface area (Å²) in [5.74, 6) is -1.09. The second kappa shape index (κ2) is 12.0. The molecule has 37 heavy (non-hydrogen) atoms. The molecule has 4 rings (SSSR count). The maximum atomic E-state index is 15.2. The molecule has 0 bridgehead atoms. The lowest BCUT2D eigenvalue weighted by Crippen LogP contribution is -2.34. The Morgan fingerprint density at radius 3 is 2.73 bits per heavy atom. The zero-order valence-corrected chi connectivity index (χ0v) is 20.9. The Morgan fingerprint density at radius 2 is 2.03 bits per heavy atom. The van der Waals surface area contributed by atoms with Crippen molar-refractivity contribution in [3.05, 3.63) is 76.3 Å². The number of aromatic nitrogens is 2. The quantitative estimate of drug-likeness (QED) is 0.419. The van der Waals surface area contributed by atoms with Gasteiger partial charge >= 0.3 is 6.09 Å². The van der Waals surface area contributed by atoms with E-state index in [4.69, 9.17) is 26.8 Å². The second-order valence-corrected chi connectivity index (χ2v) is 8.98. The number of nitrogens with one attached hydrogen (secondary N) is 2. The number of amides is 2. The third-order valence-corrected chi connectivity index (χ3v) is 6.32. The van der Waals surface area contributed by atoms with Crippen LogP contribution in [0, 0.1) is 5.82 Å². The number of ether oxygens (including phenoxy) is 2. The lowest BCUT2D eigenvalue weighted by Gasteiger charge is -2.22. The SMILES string of the molecule is CNC(=O)OC[C@@H](NC(=O)c1ccc(-c2nc(C3CCOCC3)cnc2N)cc1F)c1cccc(Cl)c1. The molecule has 1 atom stereocenters. The number of alkyl carbamates (subject to hydrolysis) is 1. The van der Waals surface area contributed by atoms with Gasteiger partial charge in [-0.3, -0.25) is 4.79 Å². The van der Waals surface area contributed by atoms with E-state index in [1.807, 2.05) is 0 Å². The summed E-state index contributed by atoms with van der Waals surface area (Å²) in [4.78, 5) is 33.5. The summed E-state index contributed by atoms with van der Waals surface area (Å²) in [7, 11) is 1.42. The smallest absolute Gasteiger partial charge is 0.406 e. The van der Waals surface area contributed by atoms with Gasteiger partial charge in [0, 0.05) is 36.8 Å². The summed E-state index contributed by atoms with van der Waals surface area (Å²) in [5.41, 5.74) is 7.98. The van der Waals surface area contributed by atoms with Crippen molar-refractivity contribution in [3.63, 3.8) is 0 Å². The number of anilines is 1. The van der Waals surface area contributed by atoms with Gasteiger partial charge in [-0.1, -0.05) is 29.8 Å². The zero-order valence-electron chi connectivity index (χ0n) is 20.2. The Hall–Kier alpha value is -3.76. The molecule has 1 fully saturated rings. The predicted octanol–water partition coefficient (Wildman–Crippen LogP) is 4.24. The molecule has 2 aromatic carbocycles. The van der Waals surface area contributed by atoms with Crippen molar-refractivity contribution >= 4 is 29.4 Å². The standard InChI is InChI=1S/C26H27ClFN5O4/c1-30-26(35)37-14-22(16-3-2-4-18(27)11-16)33-25(34)19-6-5-17(12-20(19)28)23-24(29)31-13-21(32-23)15-7-9-36-10-8-15/h2-6,11-13,15,22H,7-10,14H2,1H3,(H2,29,31)(H,30,35)(H,33,34)/t22-/m1/s1. The number of hydrogen-bond acceptors (Lipinski definition) is 7. The Morgan fingerprint density at radius 1 is 1.24 bits per heavy atom. The predicted molar refractivity (Wildman–Crippen MR) is 137 cm³/mol. The van der Waals surface area contributed by atoms with E-state index in [1.165, 1.54) is 19.2 Å². The number of rotatable bonds is 7. The van der Waals surface area contributed by atoms with E-state index in [0.29, 0.717) is 35.1 Å². The molecule has 0 spiro atoms. The molecule has 0 radical (unpaired) electrons. The van der Waals surface area contributed by atoms with Gasteiger partial charge in [0.05, 0.1) is 23.5 Å². The molecule has 1 aliphatic rings. The molecule has 2 heterocycles. The fraction of sp³-hybridized carbons (Fsp3) is 0.308. The first-order valence-corrected chi connectivity index (χ1v) is 12.1. The van der Waals surface area contributed by atoms with E-state index < -0.39 is 23.9 Å². The molecule has 0 saturated carbocycles. The lowest BCUT2D eigenvalue weighted by molar-refractivity contribution is 0.0844. The van der Waals surface area contributed by atoms with Gasteiger partial charge < -0.3 is 25.8 Å². The molecule has 2 amide bonds. The van der Waals surface area contributed by atoms with Crippen LogP contribution in [0.4, 0.5) is 15.0 Å². The number of nitrogens with zero attached hydrogens (tertiary/aromatic N) is 2. The molecule has 1 saturated heterocycles. The number of nitrogens with two attached hydrogens (primary N) is 1. The number of carbonyl (C=O) groups is 2. The molecule has 194 valence electrons. The van der Waals surface area contributed by atoms with Crippen LogP contribution in [0.15, 0.2) is 48.7 Å². The first-order chi connectivity index (χ1) is 17.9.